The molecule has 1 fully saturated rings. The fourth-order valence-corrected chi connectivity index (χ4v) is 3.29. The van der Waals surface area contributed by atoms with E-state index in [2.05, 4.69) is 43.0 Å². The zero-order valence-electron chi connectivity index (χ0n) is 13.4. The number of likely N-dealkylation sites (tertiary alicyclic amines) is 1. The van der Waals surface area contributed by atoms with Gasteiger partial charge in [-0.1, -0.05) is 44.2 Å². The summed E-state index contributed by atoms with van der Waals surface area (Å²) in [5, 5.41) is 0. The number of carbonyl (C=O) groups excluding carboxylic acids is 1. The lowest BCUT2D eigenvalue weighted by Gasteiger charge is -2.18. The molecular weight excluding hydrogens is 262 g/mol. The highest BCUT2D eigenvalue weighted by Crippen LogP contribution is 2.31. The quantitative estimate of drug-likeness (QED) is 0.752. The van der Waals surface area contributed by atoms with Crippen molar-refractivity contribution in [3.8, 4) is 0 Å². The van der Waals surface area contributed by atoms with Crippen LogP contribution in [0.4, 0.5) is 0 Å². The van der Waals surface area contributed by atoms with Crippen LogP contribution in [0.1, 0.15) is 32.8 Å². The van der Waals surface area contributed by atoms with Crippen molar-refractivity contribution in [2.24, 2.45) is 17.8 Å². The maximum absolute atomic E-state index is 12.2. The summed E-state index contributed by atoms with van der Waals surface area (Å²) in [6, 6.07) is 10.5. The van der Waals surface area contributed by atoms with Gasteiger partial charge in [-0.05, 0) is 30.7 Å². The topological polar surface area (TPSA) is 29.5 Å². The third kappa shape index (κ3) is 4.57. The maximum Gasteiger partial charge on any atom is 0.310 e. The van der Waals surface area contributed by atoms with Crippen LogP contribution in [0, 0.1) is 17.8 Å². The molecule has 1 aromatic carbocycles. The van der Waals surface area contributed by atoms with Gasteiger partial charge in [-0.2, -0.15) is 0 Å². The molecule has 0 radical (unpaired) electrons. The minimum Gasteiger partial charge on any atom is -0.466 e. The summed E-state index contributed by atoms with van der Waals surface area (Å²) in [5.74, 6) is 1.06. The first-order valence-corrected chi connectivity index (χ1v) is 8.03. The van der Waals surface area contributed by atoms with Crippen LogP contribution in [0.3, 0.4) is 0 Å². The fraction of sp³-hybridized carbons (Fsp3) is 0.611. The molecule has 0 spiro atoms. The Labute approximate surface area is 128 Å². The van der Waals surface area contributed by atoms with E-state index in [0.717, 1.165) is 26.1 Å². The van der Waals surface area contributed by atoms with Gasteiger partial charge in [0.15, 0.2) is 0 Å². The van der Waals surface area contributed by atoms with Gasteiger partial charge in [-0.25, -0.2) is 0 Å². The molecule has 1 heterocycles. The second kappa shape index (κ2) is 7.60. The molecule has 1 aliphatic rings. The predicted octanol–water partition coefficient (Wildman–Crippen LogP) is 3.34. The molecule has 0 N–H and O–H groups in total. The molecule has 0 amide bonds. The van der Waals surface area contributed by atoms with Gasteiger partial charge in [0.2, 0.25) is 0 Å². The normalized spacial score (nSPS) is 22.7. The lowest BCUT2D eigenvalue weighted by Crippen LogP contribution is -2.26. The highest BCUT2D eigenvalue weighted by molar-refractivity contribution is 5.73. The predicted molar refractivity (Wildman–Crippen MR) is 84.8 cm³/mol. The Hall–Kier alpha value is -1.35. The Morgan fingerprint density at radius 1 is 1.29 bits per heavy atom. The van der Waals surface area contributed by atoms with E-state index in [1.54, 1.807) is 0 Å². The number of hydrogen-bond donors (Lipinski definition) is 0. The Balaban J connectivity index is 2.01. The number of ether oxygens (including phenoxy) is 1. The van der Waals surface area contributed by atoms with Crippen molar-refractivity contribution in [3.05, 3.63) is 35.9 Å². The van der Waals surface area contributed by atoms with Crippen molar-refractivity contribution < 1.29 is 9.53 Å². The number of benzene rings is 1. The SMILES string of the molecule is CCOC(=O)[C@@H]1CN(Cc2ccccc2)C[C@H]1CC(C)C. The van der Waals surface area contributed by atoms with Gasteiger partial charge in [0.25, 0.3) is 0 Å². The minimum absolute atomic E-state index is 0.0151. The van der Waals surface area contributed by atoms with E-state index >= 15 is 0 Å². The lowest BCUT2D eigenvalue weighted by atomic mass is 9.88. The van der Waals surface area contributed by atoms with Gasteiger partial charge in [0.1, 0.15) is 0 Å². The Bertz CT molecular complexity index is 444. The highest BCUT2D eigenvalue weighted by atomic mass is 16.5. The van der Waals surface area contributed by atoms with E-state index in [4.69, 9.17) is 4.74 Å². The zero-order chi connectivity index (χ0) is 15.2. The van der Waals surface area contributed by atoms with E-state index < -0.39 is 0 Å². The average molecular weight is 289 g/mol. The monoisotopic (exact) mass is 289 g/mol. The molecule has 1 aliphatic heterocycles. The molecule has 0 aliphatic carbocycles. The third-order valence-corrected chi connectivity index (χ3v) is 4.13. The molecule has 0 unspecified atom stereocenters. The molecule has 0 aromatic heterocycles. The van der Waals surface area contributed by atoms with Crippen LogP contribution in [-0.2, 0) is 16.1 Å². The molecular formula is C18H27NO2. The van der Waals surface area contributed by atoms with Crippen molar-refractivity contribution in [3.63, 3.8) is 0 Å². The number of nitrogens with zero attached hydrogens (tertiary/aromatic N) is 1. The van der Waals surface area contributed by atoms with Gasteiger partial charge < -0.3 is 4.74 Å². The molecule has 0 bridgehead atoms. The van der Waals surface area contributed by atoms with Gasteiger partial charge in [-0.3, -0.25) is 9.69 Å². The Morgan fingerprint density at radius 3 is 2.62 bits per heavy atom. The van der Waals surface area contributed by atoms with Crippen LogP contribution in [0.2, 0.25) is 0 Å². The van der Waals surface area contributed by atoms with Gasteiger partial charge in [0, 0.05) is 19.6 Å². The van der Waals surface area contributed by atoms with Gasteiger partial charge in [-0.15, -0.1) is 0 Å². The number of hydrogen-bond acceptors (Lipinski definition) is 3. The molecule has 2 rings (SSSR count). The number of rotatable bonds is 6. The Kier molecular flexibility index (Phi) is 5.80. The molecule has 2 atom stereocenters. The van der Waals surface area contributed by atoms with Gasteiger partial charge in [0.05, 0.1) is 12.5 Å². The standard InChI is InChI=1S/C18H27NO2/c1-4-21-18(20)17-13-19(12-16(17)10-14(2)3)11-15-8-6-5-7-9-15/h5-9,14,16-17H,4,10-13H2,1-3H3/t16-,17-/m1/s1. The summed E-state index contributed by atoms with van der Waals surface area (Å²) < 4.78 is 5.27. The van der Waals surface area contributed by atoms with Crippen LogP contribution < -0.4 is 0 Å². The van der Waals surface area contributed by atoms with Crippen LogP contribution in [0.15, 0.2) is 30.3 Å². The number of carbonyl (C=O) groups is 1. The van der Waals surface area contributed by atoms with E-state index in [-0.39, 0.29) is 11.9 Å². The first-order valence-electron chi connectivity index (χ1n) is 8.03. The largest absolute Gasteiger partial charge is 0.466 e. The Morgan fingerprint density at radius 2 is 2.00 bits per heavy atom. The van der Waals surface area contributed by atoms with Crippen LogP contribution in [0.25, 0.3) is 0 Å². The summed E-state index contributed by atoms with van der Waals surface area (Å²) in [7, 11) is 0. The van der Waals surface area contributed by atoms with E-state index in [1.807, 2.05) is 13.0 Å². The second-order valence-corrected chi connectivity index (χ2v) is 6.43. The van der Waals surface area contributed by atoms with E-state index in [9.17, 15) is 4.79 Å². The third-order valence-electron chi connectivity index (χ3n) is 4.13. The fourth-order valence-electron chi connectivity index (χ4n) is 3.29. The summed E-state index contributed by atoms with van der Waals surface area (Å²) in [6.07, 6.45) is 1.09. The molecule has 3 nitrogen and oxygen atoms in total. The van der Waals surface area contributed by atoms with Crippen molar-refractivity contribution in [2.45, 2.75) is 33.7 Å². The van der Waals surface area contributed by atoms with Gasteiger partial charge >= 0.3 is 5.97 Å². The second-order valence-electron chi connectivity index (χ2n) is 6.43. The molecule has 3 heteroatoms. The molecule has 1 saturated heterocycles. The van der Waals surface area contributed by atoms with Crippen molar-refractivity contribution in [1.29, 1.82) is 0 Å². The first-order chi connectivity index (χ1) is 10.1. The van der Waals surface area contributed by atoms with E-state index in [1.165, 1.54) is 5.56 Å². The summed E-state index contributed by atoms with van der Waals surface area (Å²) >= 11 is 0. The maximum atomic E-state index is 12.2. The summed E-state index contributed by atoms with van der Waals surface area (Å²) in [5.41, 5.74) is 1.31. The van der Waals surface area contributed by atoms with Crippen molar-refractivity contribution in [1.82, 2.24) is 4.90 Å². The molecule has 116 valence electrons. The molecule has 0 saturated carbocycles. The first kappa shape index (κ1) is 16.0. The molecule has 1 aromatic rings. The zero-order valence-corrected chi connectivity index (χ0v) is 13.4. The smallest absolute Gasteiger partial charge is 0.310 e. The minimum atomic E-state index is -0.0151. The average Bonchev–Trinajstić information content (AvgIpc) is 2.82. The lowest BCUT2D eigenvalue weighted by molar-refractivity contribution is -0.149. The van der Waals surface area contributed by atoms with Crippen LogP contribution in [0.5, 0.6) is 0 Å². The van der Waals surface area contributed by atoms with Crippen molar-refractivity contribution >= 4 is 5.97 Å². The molecule has 21 heavy (non-hydrogen) atoms. The number of esters is 1. The summed E-state index contributed by atoms with van der Waals surface area (Å²) in [6.45, 7) is 9.55. The van der Waals surface area contributed by atoms with E-state index in [0.29, 0.717) is 18.4 Å². The van der Waals surface area contributed by atoms with Crippen LogP contribution in [-0.4, -0.2) is 30.6 Å². The summed E-state index contributed by atoms with van der Waals surface area (Å²) in [4.78, 5) is 14.6. The highest BCUT2D eigenvalue weighted by Gasteiger charge is 2.38. The van der Waals surface area contributed by atoms with Crippen LogP contribution >= 0.6 is 0 Å². The van der Waals surface area contributed by atoms with Crippen molar-refractivity contribution in [2.75, 3.05) is 19.7 Å².